The number of carbonyl (C=O) groups is 1. The first kappa shape index (κ1) is 22.4. The van der Waals surface area contributed by atoms with E-state index in [2.05, 4.69) is 20.2 Å². The molecule has 1 saturated heterocycles. The predicted molar refractivity (Wildman–Crippen MR) is 126 cm³/mol. The van der Waals surface area contributed by atoms with Crippen molar-refractivity contribution in [1.29, 1.82) is 0 Å². The van der Waals surface area contributed by atoms with Gasteiger partial charge < -0.3 is 29.5 Å². The summed E-state index contributed by atoms with van der Waals surface area (Å²) in [6.07, 6.45) is 2.47. The Balaban J connectivity index is 1.17. The van der Waals surface area contributed by atoms with Gasteiger partial charge in [-0.1, -0.05) is 6.07 Å². The summed E-state index contributed by atoms with van der Waals surface area (Å²) in [7, 11) is 1.56. The number of methoxy groups -OCH3 is 1. The molecule has 1 fully saturated rings. The summed E-state index contributed by atoms with van der Waals surface area (Å²) in [5.41, 5.74) is 2.73. The van der Waals surface area contributed by atoms with Crippen molar-refractivity contribution >= 4 is 22.6 Å². The molecular weight excluding hydrogens is 436 g/mol. The standard InChI is InChI=1S/C25H28N4O5/c1-32-23-5-3-18-24(28-23)19(6-9-26-18)27-25(31)16-7-10-29(11-8-16)15-20(30)17-2-4-21-22(14-17)34-13-12-33-21/h2-6,9,14,16,20,30H,7-8,10-13,15H2,1H3,(H,26,27,31). The molecule has 9 nitrogen and oxygen atoms in total. The van der Waals surface area contributed by atoms with Gasteiger partial charge in [-0.05, 0) is 55.8 Å². The largest absolute Gasteiger partial charge is 0.486 e. The van der Waals surface area contributed by atoms with Crippen molar-refractivity contribution in [2.45, 2.75) is 18.9 Å². The Morgan fingerprint density at radius 2 is 1.97 bits per heavy atom. The van der Waals surface area contributed by atoms with Gasteiger partial charge in [0.15, 0.2) is 11.5 Å². The molecule has 1 amide bonds. The fourth-order valence-electron chi connectivity index (χ4n) is 4.45. The van der Waals surface area contributed by atoms with Crippen LogP contribution in [0.2, 0.25) is 0 Å². The molecule has 1 aromatic carbocycles. The molecule has 2 aromatic heterocycles. The maximum Gasteiger partial charge on any atom is 0.227 e. The van der Waals surface area contributed by atoms with Crippen LogP contribution in [-0.4, -0.2) is 65.8 Å². The van der Waals surface area contributed by atoms with Gasteiger partial charge in [0.2, 0.25) is 11.8 Å². The number of β-amino-alcohol motifs (C(OH)–C–C–N with tert-alkyl or cyclic N) is 1. The monoisotopic (exact) mass is 464 g/mol. The summed E-state index contributed by atoms with van der Waals surface area (Å²) in [5, 5.41) is 13.8. The zero-order valence-electron chi connectivity index (χ0n) is 19.1. The van der Waals surface area contributed by atoms with Crippen LogP contribution in [0, 0.1) is 5.92 Å². The number of piperidine rings is 1. The number of benzene rings is 1. The number of aromatic nitrogens is 2. The lowest BCUT2D eigenvalue weighted by atomic mass is 9.95. The second-order valence-electron chi connectivity index (χ2n) is 8.56. The lowest BCUT2D eigenvalue weighted by Gasteiger charge is -2.32. The van der Waals surface area contributed by atoms with E-state index in [-0.39, 0.29) is 11.8 Å². The number of aliphatic hydroxyl groups is 1. The number of ether oxygens (including phenoxy) is 3. The molecule has 1 atom stereocenters. The maximum atomic E-state index is 13.0. The first-order valence-corrected chi connectivity index (χ1v) is 11.5. The summed E-state index contributed by atoms with van der Waals surface area (Å²) in [5.74, 6) is 1.74. The molecule has 1 unspecified atom stereocenters. The molecular formula is C25H28N4O5. The smallest absolute Gasteiger partial charge is 0.227 e. The number of anilines is 1. The number of likely N-dealkylation sites (tertiary alicyclic amines) is 1. The van der Waals surface area contributed by atoms with Crippen molar-refractivity contribution in [3.05, 3.63) is 48.2 Å². The first-order valence-electron chi connectivity index (χ1n) is 11.5. The molecule has 2 aliphatic heterocycles. The number of amides is 1. The Morgan fingerprint density at radius 3 is 2.76 bits per heavy atom. The van der Waals surface area contributed by atoms with E-state index in [1.807, 2.05) is 24.3 Å². The molecule has 0 saturated carbocycles. The van der Waals surface area contributed by atoms with E-state index in [4.69, 9.17) is 14.2 Å². The minimum absolute atomic E-state index is 0.0239. The zero-order chi connectivity index (χ0) is 23.5. The summed E-state index contributed by atoms with van der Waals surface area (Å²) in [6, 6.07) is 10.9. The molecule has 9 heteroatoms. The third-order valence-electron chi connectivity index (χ3n) is 6.37. The number of carbonyl (C=O) groups excluding carboxylic acids is 1. The molecule has 5 rings (SSSR count). The van der Waals surface area contributed by atoms with Gasteiger partial charge in [-0.25, -0.2) is 4.98 Å². The lowest BCUT2D eigenvalue weighted by molar-refractivity contribution is -0.121. The SMILES string of the molecule is COc1ccc2nccc(NC(=O)C3CCN(CC(O)c4ccc5c(c4)OCCO5)CC3)c2n1. The molecule has 0 bridgehead atoms. The number of nitrogens with zero attached hydrogens (tertiary/aromatic N) is 3. The van der Waals surface area contributed by atoms with Crippen molar-refractivity contribution in [2.75, 3.05) is 45.3 Å². The van der Waals surface area contributed by atoms with Crippen molar-refractivity contribution in [3.63, 3.8) is 0 Å². The van der Waals surface area contributed by atoms with Crippen LogP contribution in [0.3, 0.4) is 0 Å². The molecule has 178 valence electrons. The number of rotatable bonds is 6. The molecule has 3 aromatic rings. The van der Waals surface area contributed by atoms with E-state index < -0.39 is 6.10 Å². The number of pyridine rings is 2. The van der Waals surface area contributed by atoms with Crippen molar-refractivity contribution in [1.82, 2.24) is 14.9 Å². The second-order valence-corrected chi connectivity index (χ2v) is 8.56. The van der Waals surface area contributed by atoms with Crippen molar-refractivity contribution in [2.24, 2.45) is 5.92 Å². The Morgan fingerprint density at radius 1 is 1.18 bits per heavy atom. The van der Waals surface area contributed by atoms with E-state index in [1.54, 1.807) is 25.4 Å². The van der Waals surface area contributed by atoms with Gasteiger partial charge in [0.05, 0.1) is 24.4 Å². The van der Waals surface area contributed by atoms with Gasteiger partial charge in [-0.2, -0.15) is 0 Å². The van der Waals surface area contributed by atoms with E-state index in [0.29, 0.717) is 53.9 Å². The van der Waals surface area contributed by atoms with E-state index >= 15 is 0 Å². The fourth-order valence-corrected chi connectivity index (χ4v) is 4.45. The predicted octanol–water partition coefficient (Wildman–Crippen LogP) is 2.79. The van der Waals surface area contributed by atoms with E-state index in [9.17, 15) is 9.90 Å². The first-order chi connectivity index (χ1) is 16.6. The van der Waals surface area contributed by atoms with Crippen LogP contribution >= 0.6 is 0 Å². The molecule has 34 heavy (non-hydrogen) atoms. The second kappa shape index (κ2) is 9.82. The zero-order valence-corrected chi connectivity index (χ0v) is 19.1. The quantitative estimate of drug-likeness (QED) is 0.574. The third kappa shape index (κ3) is 4.76. The van der Waals surface area contributed by atoms with Crippen LogP contribution in [-0.2, 0) is 4.79 Å². The van der Waals surface area contributed by atoms with Crippen LogP contribution in [0.1, 0.15) is 24.5 Å². The fraction of sp³-hybridized carbons (Fsp3) is 0.400. The minimum Gasteiger partial charge on any atom is -0.486 e. The molecule has 2 N–H and O–H groups in total. The maximum absolute atomic E-state index is 13.0. The molecule has 2 aliphatic rings. The van der Waals surface area contributed by atoms with Gasteiger partial charge >= 0.3 is 0 Å². The normalized spacial score (nSPS) is 17.4. The molecule has 4 heterocycles. The minimum atomic E-state index is -0.634. The molecule has 0 radical (unpaired) electrons. The van der Waals surface area contributed by atoms with Gasteiger partial charge in [0, 0.05) is 24.7 Å². The highest BCUT2D eigenvalue weighted by Crippen LogP contribution is 2.33. The highest BCUT2D eigenvalue weighted by molar-refractivity contribution is 6.00. The summed E-state index contributed by atoms with van der Waals surface area (Å²) >= 11 is 0. The number of hydrogen-bond acceptors (Lipinski definition) is 8. The van der Waals surface area contributed by atoms with Crippen LogP contribution in [0.5, 0.6) is 17.4 Å². The Hall–Kier alpha value is -3.43. The number of fused-ring (bicyclic) bond motifs is 2. The number of hydrogen-bond donors (Lipinski definition) is 2. The van der Waals surface area contributed by atoms with Crippen molar-refractivity contribution in [3.8, 4) is 17.4 Å². The summed E-state index contributed by atoms with van der Waals surface area (Å²) < 4.78 is 16.4. The number of aliphatic hydroxyl groups excluding tert-OH is 1. The average molecular weight is 465 g/mol. The van der Waals surface area contributed by atoms with Gasteiger partial charge in [-0.15, -0.1) is 0 Å². The summed E-state index contributed by atoms with van der Waals surface area (Å²) in [4.78, 5) is 23.9. The Kier molecular flexibility index (Phi) is 6.46. The molecule has 0 aliphatic carbocycles. The number of nitrogens with one attached hydrogen (secondary N) is 1. The highest BCUT2D eigenvalue weighted by Gasteiger charge is 2.27. The molecule has 0 spiro atoms. The summed E-state index contributed by atoms with van der Waals surface area (Å²) in [6.45, 7) is 3.04. The van der Waals surface area contributed by atoms with Crippen LogP contribution in [0.15, 0.2) is 42.6 Å². The topological polar surface area (TPSA) is 106 Å². The van der Waals surface area contributed by atoms with Crippen molar-refractivity contribution < 1.29 is 24.1 Å². The van der Waals surface area contributed by atoms with E-state index in [1.165, 1.54) is 0 Å². The van der Waals surface area contributed by atoms with Crippen LogP contribution in [0.4, 0.5) is 5.69 Å². The lowest BCUT2D eigenvalue weighted by Crippen LogP contribution is -2.40. The Labute approximate surface area is 197 Å². The van der Waals surface area contributed by atoms with E-state index in [0.717, 1.165) is 31.5 Å². The van der Waals surface area contributed by atoms with Gasteiger partial charge in [-0.3, -0.25) is 9.78 Å². The van der Waals surface area contributed by atoms with Crippen LogP contribution in [0.25, 0.3) is 11.0 Å². The van der Waals surface area contributed by atoms with Crippen LogP contribution < -0.4 is 19.5 Å². The Bertz CT molecular complexity index is 1180. The average Bonchev–Trinajstić information content (AvgIpc) is 2.88. The third-order valence-corrected chi connectivity index (χ3v) is 6.37. The van der Waals surface area contributed by atoms with Gasteiger partial charge in [0.1, 0.15) is 18.7 Å². The highest BCUT2D eigenvalue weighted by atomic mass is 16.6. The van der Waals surface area contributed by atoms with Gasteiger partial charge in [0.25, 0.3) is 0 Å².